The second-order valence-corrected chi connectivity index (χ2v) is 11.4. The SMILES string of the molecule is CC[C@@H](Nc1c(C#N)cnc2c(Cl)cc(N[C@H](C3=CN(C4CC4)NN3)c3cccc(Cl)c3Cl)cc12)c1ccccc1. The first-order valence-corrected chi connectivity index (χ1v) is 14.7. The number of aromatic nitrogens is 1. The molecular formula is C31H28Cl3N7. The molecule has 3 aromatic carbocycles. The predicted octanol–water partition coefficient (Wildman–Crippen LogP) is 8.11. The van der Waals surface area contributed by atoms with E-state index < -0.39 is 0 Å². The van der Waals surface area contributed by atoms with Gasteiger partial charge in [-0.05, 0) is 43.0 Å². The first-order chi connectivity index (χ1) is 20.0. The van der Waals surface area contributed by atoms with Crippen molar-refractivity contribution in [1.29, 1.82) is 5.26 Å². The lowest BCUT2D eigenvalue weighted by Gasteiger charge is -2.24. The molecule has 0 unspecified atom stereocenters. The molecule has 1 fully saturated rings. The summed E-state index contributed by atoms with van der Waals surface area (Å²) in [7, 11) is 0. The molecule has 4 aromatic rings. The molecule has 0 bridgehead atoms. The van der Waals surface area contributed by atoms with Crippen LogP contribution in [0.15, 0.2) is 78.8 Å². The van der Waals surface area contributed by atoms with E-state index in [1.165, 1.54) is 0 Å². The van der Waals surface area contributed by atoms with Gasteiger partial charge in [-0.1, -0.05) is 84.2 Å². The van der Waals surface area contributed by atoms with Gasteiger partial charge >= 0.3 is 0 Å². The highest BCUT2D eigenvalue weighted by Crippen LogP contribution is 2.40. The molecule has 2 aliphatic rings. The van der Waals surface area contributed by atoms with Crippen molar-refractivity contribution in [1.82, 2.24) is 21.0 Å². The number of halogens is 3. The number of hydrogen-bond acceptors (Lipinski definition) is 7. The normalized spacial score (nSPS) is 16.1. The molecule has 4 N–H and O–H groups in total. The molecule has 2 atom stereocenters. The molecule has 2 heterocycles. The van der Waals surface area contributed by atoms with E-state index in [0.29, 0.717) is 37.9 Å². The number of rotatable bonds is 9. The van der Waals surface area contributed by atoms with Crippen LogP contribution < -0.4 is 21.6 Å². The Bertz CT molecular complexity index is 1660. The van der Waals surface area contributed by atoms with Gasteiger partial charge in [-0.3, -0.25) is 9.99 Å². The van der Waals surface area contributed by atoms with Crippen LogP contribution in [0, 0.1) is 11.3 Å². The van der Waals surface area contributed by atoms with Gasteiger partial charge in [0.1, 0.15) is 6.07 Å². The van der Waals surface area contributed by atoms with E-state index in [-0.39, 0.29) is 12.1 Å². The maximum absolute atomic E-state index is 10.0. The van der Waals surface area contributed by atoms with Crippen molar-refractivity contribution in [2.45, 2.75) is 44.3 Å². The van der Waals surface area contributed by atoms with E-state index in [1.54, 1.807) is 12.3 Å². The van der Waals surface area contributed by atoms with Crippen LogP contribution >= 0.6 is 34.8 Å². The average Bonchev–Trinajstić information content (AvgIpc) is 3.73. The van der Waals surface area contributed by atoms with Crippen LogP contribution in [0.3, 0.4) is 0 Å². The van der Waals surface area contributed by atoms with Crippen molar-refractivity contribution < 1.29 is 0 Å². The highest BCUT2D eigenvalue weighted by atomic mass is 35.5. The zero-order valence-corrected chi connectivity index (χ0v) is 24.5. The zero-order valence-electron chi connectivity index (χ0n) is 22.3. The maximum Gasteiger partial charge on any atom is 0.103 e. The maximum atomic E-state index is 10.0. The Morgan fingerprint density at radius 1 is 1.05 bits per heavy atom. The van der Waals surface area contributed by atoms with E-state index >= 15 is 0 Å². The Labute approximate surface area is 254 Å². The van der Waals surface area contributed by atoms with E-state index in [2.05, 4.69) is 62.9 Å². The van der Waals surface area contributed by atoms with Crippen LogP contribution in [0.1, 0.15) is 55.0 Å². The van der Waals surface area contributed by atoms with Crippen LogP contribution in [0.25, 0.3) is 10.9 Å². The third kappa shape index (κ3) is 5.61. The van der Waals surface area contributed by atoms with Crippen molar-refractivity contribution in [3.63, 3.8) is 0 Å². The van der Waals surface area contributed by atoms with Gasteiger partial charge in [0.25, 0.3) is 0 Å². The number of hydrogen-bond donors (Lipinski definition) is 4. The first kappa shape index (κ1) is 27.5. The summed E-state index contributed by atoms with van der Waals surface area (Å²) in [5.41, 5.74) is 11.8. The van der Waals surface area contributed by atoms with Gasteiger partial charge < -0.3 is 16.1 Å². The molecule has 0 amide bonds. The lowest BCUT2D eigenvalue weighted by molar-refractivity contribution is 0.260. The second-order valence-electron chi connectivity index (χ2n) is 10.2. The molecule has 10 heteroatoms. The predicted molar refractivity (Wildman–Crippen MR) is 167 cm³/mol. The van der Waals surface area contributed by atoms with Crippen LogP contribution in [-0.2, 0) is 0 Å². The molecule has 0 saturated heterocycles. The fraction of sp³-hybridized carbons (Fsp3) is 0.226. The van der Waals surface area contributed by atoms with E-state index in [9.17, 15) is 5.26 Å². The lowest BCUT2D eigenvalue weighted by Crippen LogP contribution is -2.38. The Kier molecular flexibility index (Phi) is 7.83. The van der Waals surface area contributed by atoms with Gasteiger partial charge in [0.2, 0.25) is 0 Å². The topological polar surface area (TPSA) is 88.0 Å². The Balaban J connectivity index is 1.43. The molecule has 1 aliphatic carbocycles. The zero-order chi connectivity index (χ0) is 28.5. The monoisotopic (exact) mass is 603 g/mol. The number of pyridine rings is 1. The fourth-order valence-electron chi connectivity index (χ4n) is 5.14. The molecule has 7 nitrogen and oxygen atoms in total. The molecule has 41 heavy (non-hydrogen) atoms. The van der Waals surface area contributed by atoms with Gasteiger partial charge in [-0.15, -0.1) is 5.53 Å². The van der Waals surface area contributed by atoms with E-state index in [4.69, 9.17) is 34.8 Å². The van der Waals surface area contributed by atoms with Gasteiger partial charge in [0, 0.05) is 35.1 Å². The standard InChI is InChI=1S/C31H28Cl3N7/c1-2-26(18-7-4-3-5-8-18)38-29-19(15-35)16-36-30-23(29)13-20(14-25(30)33)37-31(22-9-6-10-24(32)28(22)34)27-17-41(40-39-27)21-11-12-21/h3-10,13-14,16-17,21,26,31,37,39-40H,2,11-12H2,1H3,(H,36,38)/t26-,31+/m1/s1. The van der Waals surface area contributed by atoms with Crippen molar-refractivity contribution >= 4 is 57.1 Å². The molecule has 0 radical (unpaired) electrons. The van der Waals surface area contributed by atoms with Crippen molar-refractivity contribution in [2.24, 2.45) is 0 Å². The number of nitriles is 1. The fourth-order valence-corrected chi connectivity index (χ4v) is 5.82. The highest BCUT2D eigenvalue weighted by molar-refractivity contribution is 6.42. The largest absolute Gasteiger partial charge is 0.377 e. The summed E-state index contributed by atoms with van der Waals surface area (Å²) in [6.45, 7) is 2.11. The van der Waals surface area contributed by atoms with Crippen LogP contribution in [0.5, 0.6) is 0 Å². The van der Waals surface area contributed by atoms with Crippen LogP contribution in [0.2, 0.25) is 15.1 Å². The summed E-state index contributed by atoms with van der Waals surface area (Å²) in [5.74, 6) is 0. The summed E-state index contributed by atoms with van der Waals surface area (Å²) in [6.07, 6.45) is 6.73. The van der Waals surface area contributed by atoms with Crippen LogP contribution in [-0.4, -0.2) is 16.0 Å². The third-order valence-electron chi connectivity index (χ3n) is 7.44. The number of anilines is 2. The Hall–Kier alpha value is -3.67. The summed E-state index contributed by atoms with van der Waals surface area (Å²) in [6, 6.07) is 22.0. The van der Waals surface area contributed by atoms with Crippen molar-refractivity contribution in [3.8, 4) is 6.07 Å². The molecule has 1 saturated carbocycles. The third-order valence-corrected chi connectivity index (χ3v) is 8.56. The average molecular weight is 605 g/mol. The molecule has 6 rings (SSSR count). The molecule has 208 valence electrons. The molecule has 1 aromatic heterocycles. The lowest BCUT2D eigenvalue weighted by atomic mass is 10.0. The number of nitrogens with zero attached hydrogens (tertiary/aromatic N) is 3. The minimum absolute atomic E-state index is 0.00497. The first-order valence-electron chi connectivity index (χ1n) is 13.5. The van der Waals surface area contributed by atoms with E-state index in [0.717, 1.165) is 47.2 Å². The number of benzene rings is 3. The van der Waals surface area contributed by atoms with Gasteiger partial charge in [-0.25, -0.2) is 0 Å². The number of hydrazine groups is 2. The summed E-state index contributed by atoms with van der Waals surface area (Å²) in [4.78, 5) is 4.53. The van der Waals surface area contributed by atoms with Gasteiger partial charge in [-0.2, -0.15) is 5.26 Å². The minimum Gasteiger partial charge on any atom is -0.377 e. The van der Waals surface area contributed by atoms with E-state index in [1.807, 2.05) is 42.5 Å². The molecular weight excluding hydrogens is 577 g/mol. The summed E-state index contributed by atoms with van der Waals surface area (Å²) >= 11 is 20.0. The van der Waals surface area contributed by atoms with Gasteiger partial charge in [0.05, 0.1) is 49.6 Å². The number of nitrogens with one attached hydrogen (secondary N) is 4. The second kappa shape index (κ2) is 11.7. The Morgan fingerprint density at radius 2 is 1.85 bits per heavy atom. The summed E-state index contributed by atoms with van der Waals surface area (Å²) in [5, 5.41) is 21.5. The highest BCUT2D eigenvalue weighted by Gasteiger charge is 2.33. The summed E-state index contributed by atoms with van der Waals surface area (Å²) < 4.78 is 0. The number of fused-ring (bicyclic) bond motifs is 1. The minimum atomic E-state index is -0.373. The van der Waals surface area contributed by atoms with Crippen molar-refractivity contribution in [2.75, 3.05) is 10.6 Å². The smallest absolute Gasteiger partial charge is 0.103 e. The van der Waals surface area contributed by atoms with Crippen LogP contribution in [0.4, 0.5) is 11.4 Å². The molecule has 0 spiro atoms. The van der Waals surface area contributed by atoms with Gasteiger partial charge in [0.15, 0.2) is 0 Å². The molecule has 1 aliphatic heterocycles. The Morgan fingerprint density at radius 3 is 2.59 bits per heavy atom. The quantitative estimate of drug-likeness (QED) is 0.153. The van der Waals surface area contributed by atoms with Crippen molar-refractivity contribution in [3.05, 3.63) is 111 Å².